The topological polar surface area (TPSA) is 18.5 Å². The minimum Gasteiger partial charge on any atom is -0.362 e. The molecule has 1 unspecified atom stereocenters. The highest BCUT2D eigenvalue weighted by molar-refractivity contribution is 5.67. The quantitative estimate of drug-likeness (QED) is 0.633. The summed E-state index contributed by atoms with van der Waals surface area (Å²) in [6.07, 6.45) is -5.87. The van der Waals surface area contributed by atoms with Crippen LogP contribution in [0.1, 0.15) is 39.4 Å². The maximum Gasteiger partial charge on any atom is 0.386 e. The summed E-state index contributed by atoms with van der Waals surface area (Å²) < 4.78 is 39.9. The summed E-state index contributed by atoms with van der Waals surface area (Å²) >= 11 is 0. The minimum absolute atomic E-state index is 0.361. The van der Waals surface area contributed by atoms with Gasteiger partial charge in [-0.1, -0.05) is 54.6 Å². The van der Waals surface area contributed by atoms with E-state index >= 15 is 0 Å². The predicted molar refractivity (Wildman–Crippen MR) is 92.0 cm³/mol. The number of alkyl halides is 2. The van der Waals surface area contributed by atoms with E-state index in [1.165, 1.54) is 0 Å². The van der Waals surface area contributed by atoms with E-state index in [-0.39, 0.29) is 6.10 Å². The molecule has 2 aromatic rings. The van der Waals surface area contributed by atoms with E-state index in [0.29, 0.717) is 5.56 Å². The van der Waals surface area contributed by atoms with Gasteiger partial charge < -0.3 is 9.47 Å². The summed E-state index contributed by atoms with van der Waals surface area (Å²) in [6.45, 7) is 6.65. The molecule has 130 valence electrons. The van der Waals surface area contributed by atoms with E-state index < -0.39 is 18.3 Å². The molecule has 2 aromatic carbocycles. The van der Waals surface area contributed by atoms with Crippen molar-refractivity contribution in [3.8, 4) is 11.1 Å². The molecule has 24 heavy (non-hydrogen) atoms. The number of hydrogen-bond donors (Lipinski definition) is 0. The van der Waals surface area contributed by atoms with Crippen LogP contribution < -0.4 is 0 Å². The average Bonchev–Trinajstić information content (AvgIpc) is 2.52. The molecule has 0 fully saturated rings. The largest absolute Gasteiger partial charge is 0.386 e. The van der Waals surface area contributed by atoms with Crippen molar-refractivity contribution in [1.29, 1.82) is 0 Å². The summed E-state index contributed by atoms with van der Waals surface area (Å²) in [5.74, 6) is 0. The lowest BCUT2D eigenvalue weighted by Crippen LogP contribution is -2.35. The number of ether oxygens (including phenoxy) is 2. The van der Waals surface area contributed by atoms with Crippen molar-refractivity contribution >= 4 is 0 Å². The lowest BCUT2D eigenvalue weighted by molar-refractivity contribution is -0.319. The molecule has 0 radical (unpaired) electrons. The Morgan fingerprint density at radius 2 is 1.38 bits per heavy atom. The van der Waals surface area contributed by atoms with Gasteiger partial charge in [-0.15, -0.1) is 0 Å². The number of benzene rings is 2. The van der Waals surface area contributed by atoms with Gasteiger partial charge in [0.25, 0.3) is 0 Å². The average molecular weight is 334 g/mol. The van der Waals surface area contributed by atoms with Crippen molar-refractivity contribution < 1.29 is 18.3 Å². The number of rotatable bonds is 7. The summed E-state index contributed by atoms with van der Waals surface area (Å²) in [5, 5.41) is 0. The van der Waals surface area contributed by atoms with Crippen molar-refractivity contribution in [2.45, 2.75) is 52.1 Å². The third-order valence-electron chi connectivity index (χ3n) is 3.43. The first-order valence-electron chi connectivity index (χ1n) is 8.16. The van der Waals surface area contributed by atoms with Gasteiger partial charge in [0.2, 0.25) is 0 Å². The van der Waals surface area contributed by atoms with Crippen molar-refractivity contribution in [2.24, 2.45) is 0 Å². The second-order valence-corrected chi connectivity index (χ2v) is 6.25. The normalized spacial score (nSPS) is 13.5. The van der Waals surface area contributed by atoms with Gasteiger partial charge >= 0.3 is 6.11 Å². The molecule has 4 heteroatoms. The van der Waals surface area contributed by atoms with E-state index in [1.807, 2.05) is 42.5 Å². The summed E-state index contributed by atoms with van der Waals surface area (Å²) in [4.78, 5) is 0. The summed E-state index contributed by atoms with van der Waals surface area (Å²) in [7, 11) is 0. The molecule has 2 nitrogen and oxygen atoms in total. The van der Waals surface area contributed by atoms with E-state index in [2.05, 4.69) is 0 Å². The highest BCUT2D eigenvalue weighted by atomic mass is 19.3. The smallest absolute Gasteiger partial charge is 0.362 e. The maximum atomic E-state index is 14.7. The lowest BCUT2D eigenvalue weighted by Gasteiger charge is -2.31. The van der Waals surface area contributed by atoms with Crippen LogP contribution in [0.25, 0.3) is 11.1 Å². The van der Waals surface area contributed by atoms with Crippen LogP contribution in [0, 0.1) is 0 Å². The Morgan fingerprint density at radius 1 is 0.792 bits per heavy atom. The lowest BCUT2D eigenvalue weighted by atomic mass is 9.95. The molecular formula is C20H24F2O2. The van der Waals surface area contributed by atoms with Gasteiger partial charge in [-0.05, 0) is 44.4 Å². The van der Waals surface area contributed by atoms with Gasteiger partial charge in [-0.25, -0.2) is 0 Å². The van der Waals surface area contributed by atoms with Crippen LogP contribution in [-0.4, -0.2) is 18.3 Å². The summed E-state index contributed by atoms with van der Waals surface area (Å²) in [5.41, 5.74) is 2.00. The molecule has 0 bridgehead atoms. The zero-order valence-corrected chi connectivity index (χ0v) is 14.5. The van der Waals surface area contributed by atoms with Crippen molar-refractivity contribution in [3.63, 3.8) is 0 Å². The molecule has 0 N–H and O–H groups in total. The Balaban J connectivity index is 2.51. The molecule has 2 rings (SSSR count). The molecule has 0 aliphatic carbocycles. The third kappa shape index (κ3) is 4.62. The Kier molecular flexibility index (Phi) is 6.08. The fraction of sp³-hybridized carbons (Fsp3) is 0.400. The van der Waals surface area contributed by atoms with Crippen LogP contribution in [-0.2, 0) is 9.47 Å². The van der Waals surface area contributed by atoms with Gasteiger partial charge in [-0.2, -0.15) is 8.78 Å². The maximum absolute atomic E-state index is 14.7. The third-order valence-corrected chi connectivity index (χ3v) is 3.43. The van der Waals surface area contributed by atoms with Gasteiger partial charge in [0, 0.05) is 0 Å². The zero-order chi connectivity index (χ0) is 17.7. The van der Waals surface area contributed by atoms with Crippen LogP contribution in [0.3, 0.4) is 0 Å². The van der Waals surface area contributed by atoms with E-state index in [1.54, 1.807) is 39.8 Å². The molecule has 0 heterocycles. The Hall–Kier alpha value is -1.78. The van der Waals surface area contributed by atoms with Crippen LogP contribution in [0.15, 0.2) is 54.6 Å². The van der Waals surface area contributed by atoms with Crippen LogP contribution in [0.5, 0.6) is 0 Å². The fourth-order valence-electron chi connectivity index (χ4n) is 2.59. The van der Waals surface area contributed by atoms with Crippen molar-refractivity contribution in [3.05, 3.63) is 60.2 Å². The molecule has 0 spiro atoms. The molecule has 0 saturated heterocycles. The predicted octanol–water partition coefficient (Wildman–Crippen LogP) is 5.84. The van der Waals surface area contributed by atoms with Gasteiger partial charge in [0.05, 0.1) is 12.2 Å². The van der Waals surface area contributed by atoms with E-state index in [4.69, 9.17) is 9.47 Å². The Labute approximate surface area is 142 Å². The van der Waals surface area contributed by atoms with Crippen molar-refractivity contribution in [2.75, 3.05) is 0 Å². The fourth-order valence-corrected chi connectivity index (χ4v) is 2.59. The first kappa shape index (κ1) is 18.6. The SMILES string of the molecule is CC(C)OC(c1ccccc1-c1ccccc1)C(F)(F)OC(C)C. The van der Waals surface area contributed by atoms with Crippen LogP contribution in [0.4, 0.5) is 8.78 Å². The Bertz CT molecular complexity index is 639. The van der Waals surface area contributed by atoms with Crippen LogP contribution >= 0.6 is 0 Å². The second kappa shape index (κ2) is 7.86. The standard InChI is InChI=1S/C20H24F2O2/c1-14(2)23-19(20(21,22)24-15(3)4)18-13-9-8-12-17(18)16-10-6-5-7-11-16/h5-15,19H,1-4H3. The molecule has 0 saturated carbocycles. The molecule has 0 amide bonds. The molecule has 1 atom stereocenters. The zero-order valence-electron chi connectivity index (χ0n) is 14.5. The summed E-state index contributed by atoms with van der Waals surface area (Å²) in [6, 6.07) is 16.5. The van der Waals surface area contributed by atoms with E-state index in [0.717, 1.165) is 11.1 Å². The second-order valence-electron chi connectivity index (χ2n) is 6.25. The van der Waals surface area contributed by atoms with E-state index in [9.17, 15) is 8.78 Å². The molecular weight excluding hydrogens is 310 g/mol. The van der Waals surface area contributed by atoms with Gasteiger partial charge in [0.1, 0.15) is 0 Å². The number of halogens is 2. The number of hydrogen-bond acceptors (Lipinski definition) is 2. The minimum atomic E-state index is -3.43. The van der Waals surface area contributed by atoms with Crippen LogP contribution in [0.2, 0.25) is 0 Å². The molecule has 0 aromatic heterocycles. The molecule has 0 aliphatic heterocycles. The van der Waals surface area contributed by atoms with Gasteiger partial charge in [0.15, 0.2) is 6.10 Å². The highest BCUT2D eigenvalue weighted by Crippen LogP contribution is 2.41. The Morgan fingerprint density at radius 3 is 1.96 bits per heavy atom. The first-order chi connectivity index (χ1) is 11.3. The van der Waals surface area contributed by atoms with Crippen molar-refractivity contribution in [1.82, 2.24) is 0 Å². The first-order valence-corrected chi connectivity index (χ1v) is 8.16. The molecule has 0 aliphatic rings. The van der Waals surface area contributed by atoms with Gasteiger partial charge in [-0.3, -0.25) is 0 Å². The highest BCUT2D eigenvalue weighted by Gasteiger charge is 2.45. The monoisotopic (exact) mass is 334 g/mol.